The van der Waals surface area contributed by atoms with Crippen LogP contribution in [0.1, 0.15) is 58.9 Å². The van der Waals surface area contributed by atoms with E-state index in [1.54, 1.807) is 25.1 Å². The smallest absolute Gasteiger partial charge is 0.128 e. The monoisotopic (exact) mass is 395 g/mol. The zero-order valence-electron chi connectivity index (χ0n) is 16.4. The number of nitriles is 1. The van der Waals surface area contributed by atoms with Crippen molar-refractivity contribution >= 4 is 22.6 Å². The highest BCUT2D eigenvalue weighted by molar-refractivity contribution is 7.98. The third kappa shape index (κ3) is 4.88. The van der Waals surface area contributed by atoms with Gasteiger partial charge in [-0.1, -0.05) is 53.7 Å². The molecule has 26 heavy (non-hydrogen) atoms. The molecular weight excluding hydrogens is 365 g/mol. The Hall–Kier alpha value is -0.900. The van der Waals surface area contributed by atoms with Crippen LogP contribution in [0, 0.1) is 17.1 Å². The van der Waals surface area contributed by atoms with Crippen molar-refractivity contribution in [1.29, 1.82) is 5.26 Å². The molecule has 6 heteroatoms. The molecule has 0 saturated heterocycles. The topological polar surface area (TPSA) is 48.2 Å². The lowest BCUT2D eigenvalue weighted by atomic mass is 9.95. The Balaban J connectivity index is 2.41. The van der Waals surface area contributed by atoms with Gasteiger partial charge in [0.2, 0.25) is 0 Å². The molecule has 0 amide bonds. The molecule has 1 aliphatic rings. The molecule has 3 nitrogen and oxygen atoms in total. The minimum absolute atomic E-state index is 0.00520. The Kier molecular flexibility index (Phi) is 6.92. The van der Waals surface area contributed by atoms with Crippen LogP contribution in [0.2, 0.25) is 0 Å². The highest BCUT2D eigenvalue weighted by Gasteiger charge is 2.42. The molecule has 1 saturated carbocycles. The Labute approximate surface area is 164 Å². The van der Waals surface area contributed by atoms with Gasteiger partial charge in [-0.15, -0.1) is 0 Å². The van der Waals surface area contributed by atoms with Crippen LogP contribution in [0.4, 0.5) is 4.39 Å². The van der Waals surface area contributed by atoms with Crippen LogP contribution >= 0.6 is 11.9 Å². The highest BCUT2D eigenvalue weighted by atomic mass is 32.2. The Bertz CT molecular complexity index is 700. The number of halogens is 1. The molecule has 1 aliphatic carbocycles. The second-order valence-corrected chi connectivity index (χ2v) is 11.9. The van der Waals surface area contributed by atoms with E-state index in [2.05, 4.69) is 35.9 Å². The number of benzene rings is 1. The summed E-state index contributed by atoms with van der Waals surface area (Å²) in [5.41, 5.74) is 0.0437. The van der Waals surface area contributed by atoms with Crippen LogP contribution in [-0.2, 0) is 16.2 Å². The van der Waals surface area contributed by atoms with Crippen molar-refractivity contribution in [2.75, 3.05) is 12.8 Å². The lowest BCUT2D eigenvalue weighted by molar-refractivity contribution is 0.473. The molecule has 0 spiro atoms. The largest absolute Gasteiger partial charge is 0.267 e. The van der Waals surface area contributed by atoms with Crippen molar-refractivity contribution in [3.05, 3.63) is 35.6 Å². The molecule has 1 N–H and O–H groups in total. The van der Waals surface area contributed by atoms with E-state index in [-0.39, 0.29) is 10.6 Å². The SMILES string of the molecule is CN=[S@@](CC(C)(NSC(C)(C)C)c1ccccc1F)C1(C#N)CCCC1. The molecule has 1 unspecified atom stereocenters. The predicted molar refractivity (Wildman–Crippen MR) is 112 cm³/mol. The van der Waals surface area contributed by atoms with E-state index in [9.17, 15) is 9.65 Å². The van der Waals surface area contributed by atoms with Gasteiger partial charge in [0, 0.05) is 23.1 Å². The molecule has 1 fully saturated rings. The summed E-state index contributed by atoms with van der Waals surface area (Å²) in [4.78, 5) is 0. The number of nitrogens with zero attached hydrogens (tertiary/aromatic N) is 2. The fourth-order valence-electron chi connectivity index (χ4n) is 3.33. The van der Waals surface area contributed by atoms with Gasteiger partial charge >= 0.3 is 0 Å². The van der Waals surface area contributed by atoms with Crippen molar-refractivity contribution in [3.63, 3.8) is 0 Å². The Morgan fingerprint density at radius 2 is 1.88 bits per heavy atom. The first-order valence-corrected chi connectivity index (χ1v) is 11.2. The summed E-state index contributed by atoms with van der Waals surface area (Å²) in [6.07, 6.45) is 3.94. The second kappa shape index (κ2) is 8.41. The zero-order valence-corrected chi connectivity index (χ0v) is 18.1. The van der Waals surface area contributed by atoms with Crippen molar-refractivity contribution in [3.8, 4) is 6.07 Å². The van der Waals surface area contributed by atoms with E-state index in [4.69, 9.17) is 0 Å². The second-order valence-electron chi connectivity index (χ2n) is 8.13. The van der Waals surface area contributed by atoms with Gasteiger partial charge in [0.25, 0.3) is 0 Å². The number of nitrogens with one attached hydrogen (secondary N) is 1. The maximum Gasteiger partial charge on any atom is 0.128 e. The summed E-state index contributed by atoms with van der Waals surface area (Å²) >= 11 is 1.61. The van der Waals surface area contributed by atoms with Crippen molar-refractivity contribution in [1.82, 2.24) is 4.72 Å². The number of rotatable bonds is 6. The van der Waals surface area contributed by atoms with Crippen LogP contribution < -0.4 is 4.72 Å². The van der Waals surface area contributed by atoms with Crippen molar-refractivity contribution in [2.24, 2.45) is 4.36 Å². The van der Waals surface area contributed by atoms with Gasteiger partial charge in [0.15, 0.2) is 0 Å². The average Bonchev–Trinajstić information content (AvgIpc) is 3.08. The zero-order chi connectivity index (χ0) is 19.4. The minimum Gasteiger partial charge on any atom is -0.267 e. The quantitative estimate of drug-likeness (QED) is 0.661. The maximum absolute atomic E-state index is 14.7. The first-order chi connectivity index (χ1) is 12.2. The first-order valence-electron chi connectivity index (χ1n) is 9.08. The predicted octanol–water partition coefficient (Wildman–Crippen LogP) is 5.35. The van der Waals surface area contributed by atoms with Crippen LogP contribution in [-0.4, -0.2) is 22.3 Å². The van der Waals surface area contributed by atoms with Gasteiger partial charge < -0.3 is 0 Å². The Morgan fingerprint density at radius 3 is 2.38 bits per heavy atom. The van der Waals surface area contributed by atoms with Crippen LogP contribution in [0.15, 0.2) is 28.6 Å². The molecule has 0 heterocycles. The number of hydrogen-bond acceptors (Lipinski definition) is 4. The Morgan fingerprint density at radius 1 is 1.27 bits per heavy atom. The lowest BCUT2D eigenvalue weighted by Crippen LogP contribution is -2.46. The van der Waals surface area contributed by atoms with E-state index in [0.29, 0.717) is 11.3 Å². The summed E-state index contributed by atoms with van der Waals surface area (Å²) in [5, 5.41) is 9.90. The highest BCUT2D eigenvalue weighted by Crippen LogP contribution is 2.39. The summed E-state index contributed by atoms with van der Waals surface area (Å²) in [7, 11) is 1.35. The molecule has 1 aromatic rings. The molecule has 144 valence electrons. The normalized spacial score (nSPS) is 20.5. The molecule has 2 rings (SSSR count). The third-order valence-electron chi connectivity index (χ3n) is 4.76. The van der Waals surface area contributed by atoms with Crippen molar-refractivity contribution in [2.45, 2.75) is 68.4 Å². The van der Waals surface area contributed by atoms with E-state index in [1.807, 2.05) is 19.1 Å². The molecule has 2 atom stereocenters. The summed E-state index contributed by atoms with van der Waals surface area (Å²) in [6, 6.07) is 9.52. The van der Waals surface area contributed by atoms with Gasteiger partial charge in [-0.05, 0) is 46.6 Å². The van der Waals surface area contributed by atoms with Gasteiger partial charge in [0.1, 0.15) is 10.6 Å². The summed E-state index contributed by atoms with van der Waals surface area (Å²) in [5.74, 6) is 0.412. The summed E-state index contributed by atoms with van der Waals surface area (Å²) < 4.78 is 22.4. The molecular formula is C20H30FN3S2. The van der Waals surface area contributed by atoms with Gasteiger partial charge in [0.05, 0.1) is 11.6 Å². The molecule has 0 bridgehead atoms. The molecule has 0 radical (unpaired) electrons. The molecule has 1 aromatic carbocycles. The van der Waals surface area contributed by atoms with E-state index in [0.717, 1.165) is 25.7 Å². The van der Waals surface area contributed by atoms with E-state index < -0.39 is 21.0 Å². The van der Waals surface area contributed by atoms with Gasteiger partial charge in [-0.25, -0.2) is 4.39 Å². The first kappa shape index (κ1) is 21.4. The minimum atomic E-state index is -0.599. The lowest BCUT2D eigenvalue weighted by Gasteiger charge is -2.37. The van der Waals surface area contributed by atoms with Gasteiger partial charge in [-0.2, -0.15) is 5.26 Å². The fraction of sp³-hybridized carbons (Fsp3) is 0.650. The number of hydrogen-bond donors (Lipinski definition) is 1. The summed E-state index contributed by atoms with van der Waals surface area (Å²) in [6.45, 7) is 8.42. The van der Waals surface area contributed by atoms with Crippen LogP contribution in [0.3, 0.4) is 0 Å². The van der Waals surface area contributed by atoms with E-state index >= 15 is 0 Å². The van der Waals surface area contributed by atoms with Crippen LogP contribution in [0.25, 0.3) is 0 Å². The maximum atomic E-state index is 14.7. The van der Waals surface area contributed by atoms with Gasteiger partial charge in [-0.3, -0.25) is 9.08 Å². The molecule has 0 aromatic heterocycles. The standard InChI is InChI=1S/C20H30FN3S2/c1-18(2,3)25-24-19(4,16-10-6-7-11-17(16)21)15-26(23-5)20(14-22)12-8-9-13-20/h6-7,10-11,24H,8-9,12-13,15H2,1-5H3/t19?,26-/m0/s1. The van der Waals surface area contributed by atoms with Crippen molar-refractivity contribution < 1.29 is 4.39 Å². The third-order valence-corrected chi connectivity index (χ3v) is 8.62. The molecule has 0 aliphatic heterocycles. The average molecular weight is 396 g/mol. The van der Waals surface area contributed by atoms with Crippen LogP contribution in [0.5, 0.6) is 0 Å². The fourth-order valence-corrected chi connectivity index (χ4v) is 6.53. The van der Waals surface area contributed by atoms with E-state index in [1.165, 1.54) is 6.07 Å².